The third-order valence-corrected chi connectivity index (χ3v) is 3.93. The lowest BCUT2D eigenvalue weighted by Crippen LogP contribution is -2.17. The van der Waals surface area contributed by atoms with Crippen LogP contribution in [0.2, 0.25) is 0 Å². The zero-order chi connectivity index (χ0) is 14.8. The lowest BCUT2D eigenvalue weighted by molar-refractivity contribution is 0.432. The van der Waals surface area contributed by atoms with Gasteiger partial charge < -0.3 is 9.42 Å². The maximum absolute atomic E-state index is 5.42. The number of nitrogens with zero attached hydrogens (tertiary/aromatic N) is 4. The Bertz CT molecular complexity index is 763. The van der Waals surface area contributed by atoms with Gasteiger partial charge in [0.25, 0.3) is 5.89 Å². The summed E-state index contributed by atoms with van der Waals surface area (Å²) in [6, 6.07) is 12.0. The molecular weight excluding hydrogens is 276 g/mol. The van der Waals surface area contributed by atoms with E-state index in [-0.39, 0.29) is 0 Å². The quantitative estimate of drug-likeness (QED) is 0.740. The summed E-state index contributed by atoms with van der Waals surface area (Å²) in [5, 5.41) is 4.06. The highest BCUT2D eigenvalue weighted by Crippen LogP contribution is 2.27. The molecule has 1 aliphatic rings. The van der Waals surface area contributed by atoms with E-state index < -0.39 is 0 Å². The molecule has 22 heavy (non-hydrogen) atoms. The Kier molecular flexibility index (Phi) is 3.31. The molecule has 0 amide bonds. The molecular formula is C17H16N4O. The van der Waals surface area contributed by atoms with Crippen molar-refractivity contribution >= 4 is 5.69 Å². The first-order valence-electron chi connectivity index (χ1n) is 7.50. The molecule has 0 N–H and O–H groups in total. The first kappa shape index (κ1) is 13.0. The minimum Gasteiger partial charge on any atom is -0.372 e. The van der Waals surface area contributed by atoms with E-state index in [4.69, 9.17) is 4.52 Å². The van der Waals surface area contributed by atoms with Gasteiger partial charge in [0.05, 0.1) is 0 Å². The van der Waals surface area contributed by atoms with E-state index in [9.17, 15) is 0 Å². The van der Waals surface area contributed by atoms with Gasteiger partial charge in [-0.2, -0.15) is 4.98 Å². The van der Waals surface area contributed by atoms with Gasteiger partial charge in [-0.25, -0.2) is 0 Å². The number of hydrogen-bond acceptors (Lipinski definition) is 5. The summed E-state index contributed by atoms with van der Waals surface area (Å²) in [4.78, 5) is 10.9. The van der Waals surface area contributed by atoms with Crippen LogP contribution in [0.3, 0.4) is 0 Å². The van der Waals surface area contributed by atoms with Gasteiger partial charge in [0, 0.05) is 42.3 Å². The summed E-state index contributed by atoms with van der Waals surface area (Å²) in [5.74, 6) is 1.14. The van der Waals surface area contributed by atoms with Crippen molar-refractivity contribution < 1.29 is 4.52 Å². The van der Waals surface area contributed by atoms with Crippen molar-refractivity contribution in [3.63, 3.8) is 0 Å². The Morgan fingerprint density at radius 3 is 2.59 bits per heavy atom. The van der Waals surface area contributed by atoms with E-state index in [1.807, 2.05) is 24.3 Å². The third-order valence-electron chi connectivity index (χ3n) is 3.93. The second-order valence-electron chi connectivity index (χ2n) is 5.40. The summed E-state index contributed by atoms with van der Waals surface area (Å²) in [6.45, 7) is 2.24. The highest BCUT2D eigenvalue weighted by atomic mass is 16.5. The van der Waals surface area contributed by atoms with Gasteiger partial charge in [0.1, 0.15) is 0 Å². The lowest BCUT2D eigenvalue weighted by atomic mass is 10.2. The average Bonchev–Trinajstić information content (AvgIpc) is 3.28. The van der Waals surface area contributed by atoms with Gasteiger partial charge in [0.15, 0.2) is 0 Å². The normalized spacial score (nSPS) is 14.5. The Morgan fingerprint density at radius 1 is 0.955 bits per heavy atom. The van der Waals surface area contributed by atoms with Gasteiger partial charge in [-0.3, -0.25) is 4.98 Å². The van der Waals surface area contributed by atoms with Crippen LogP contribution >= 0.6 is 0 Å². The maximum Gasteiger partial charge on any atom is 0.258 e. The first-order chi connectivity index (χ1) is 10.9. The number of rotatable bonds is 3. The molecule has 0 spiro atoms. The van der Waals surface area contributed by atoms with Crippen LogP contribution in [0.4, 0.5) is 5.69 Å². The fraction of sp³-hybridized carbons (Fsp3) is 0.235. The van der Waals surface area contributed by atoms with Crippen molar-refractivity contribution in [2.24, 2.45) is 0 Å². The van der Waals surface area contributed by atoms with Crippen molar-refractivity contribution in [1.82, 2.24) is 15.1 Å². The molecule has 3 heterocycles. The molecule has 0 atom stereocenters. The molecule has 1 fully saturated rings. The van der Waals surface area contributed by atoms with Crippen molar-refractivity contribution in [2.45, 2.75) is 12.8 Å². The third kappa shape index (κ3) is 2.45. The molecule has 3 aromatic rings. The van der Waals surface area contributed by atoms with Crippen LogP contribution in [0.5, 0.6) is 0 Å². The van der Waals surface area contributed by atoms with E-state index in [0.29, 0.717) is 11.7 Å². The molecule has 0 aliphatic carbocycles. The molecule has 2 aromatic heterocycles. The summed E-state index contributed by atoms with van der Waals surface area (Å²) < 4.78 is 5.42. The second kappa shape index (κ2) is 5.60. The van der Waals surface area contributed by atoms with Crippen molar-refractivity contribution in [2.75, 3.05) is 18.0 Å². The Morgan fingerprint density at radius 2 is 1.77 bits per heavy atom. The van der Waals surface area contributed by atoms with Crippen LogP contribution in [-0.2, 0) is 0 Å². The highest BCUT2D eigenvalue weighted by Gasteiger charge is 2.15. The van der Waals surface area contributed by atoms with Crippen LogP contribution in [0.1, 0.15) is 12.8 Å². The molecule has 1 aromatic carbocycles. The molecule has 0 bridgehead atoms. The van der Waals surface area contributed by atoms with Crippen molar-refractivity contribution in [3.05, 3.63) is 48.8 Å². The van der Waals surface area contributed by atoms with Gasteiger partial charge in [-0.15, -0.1) is 0 Å². The van der Waals surface area contributed by atoms with Crippen LogP contribution in [-0.4, -0.2) is 28.2 Å². The number of benzene rings is 1. The zero-order valence-corrected chi connectivity index (χ0v) is 12.1. The SMILES string of the molecule is c1cc(-c2nc(-c3ccncc3)no2)cc(N2CCCC2)c1. The van der Waals surface area contributed by atoms with Crippen LogP contribution in [0.15, 0.2) is 53.3 Å². The molecule has 4 rings (SSSR count). The number of pyridine rings is 1. The smallest absolute Gasteiger partial charge is 0.258 e. The Labute approximate surface area is 128 Å². The van der Waals surface area contributed by atoms with E-state index in [0.717, 1.165) is 24.2 Å². The Balaban J connectivity index is 1.65. The molecule has 5 heteroatoms. The zero-order valence-electron chi connectivity index (χ0n) is 12.1. The minimum atomic E-state index is 0.549. The topological polar surface area (TPSA) is 55.1 Å². The van der Waals surface area contributed by atoms with E-state index >= 15 is 0 Å². The minimum absolute atomic E-state index is 0.549. The molecule has 1 aliphatic heterocycles. The summed E-state index contributed by atoms with van der Waals surface area (Å²) in [5.41, 5.74) is 3.08. The Hall–Kier alpha value is -2.69. The molecule has 0 radical (unpaired) electrons. The fourth-order valence-corrected chi connectivity index (χ4v) is 2.77. The van der Waals surface area contributed by atoms with Gasteiger partial charge in [-0.05, 0) is 43.2 Å². The van der Waals surface area contributed by atoms with Crippen molar-refractivity contribution in [3.8, 4) is 22.8 Å². The molecule has 0 saturated carbocycles. The molecule has 110 valence electrons. The summed E-state index contributed by atoms with van der Waals surface area (Å²) >= 11 is 0. The second-order valence-corrected chi connectivity index (χ2v) is 5.40. The summed E-state index contributed by atoms with van der Waals surface area (Å²) in [7, 11) is 0. The highest BCUT2D eigenvalue weighted by molar-refractivity contribution is 5.64. The number of aromatic nitrogens is 3. The number of hydrogen-bond donors (Lipinski definition) is 0. The largest absolute Gasteiger partial charge is 0.372 e. The van der Waals surface area contributed by atoms with E-state index in [2.05, 4.69) is 32.2 Å². The fourth-order valence-electron chi connectivity index (χ4n) is 2.77. The van der Waals surface area contributed by atoms with E-state index in [1.165, 1.54) is 18.5 Å². The van der Waals surface area contributed by atoms with Gasteiger partial charge in [-0.1, -0.05) is 11.2 Å². The molecule has 1 saturated heterocycles. The van der Waals surface area contributed by atoms with Crippen LogP contribution in [0.25, 0.3) is 22.8 Å². The lowest BCUT2D eigenvalue weighted by Gasteiger charge is -2.17. The van der Waals surface area contributed by atoms with Gasteiger partial charge in [0.2, 0.25) is 5.82 Å². The standard InChI is InChI=1S/C17H16N4O/c1-2-11-21(10-1)15-5-3-4-14(12-15)17-19-16(20-22-17)13-6-8-18-9-7-13/h3-9,12H,1-2,10-11H2. The van der Waals surface area contributed by atoms with Crippen LogP contribution in [0, 0.1) is 0 Å². The van der Waals surface area contributed by atoms with Crippen molar-refractivity contribution in [1.29, 1.82) is 0 Å². The predicted molar refractivity (Wildman–Crippen MR) is 84.4 cm³/mol. The van der Waals surface area contributed by atoms with E-state index in [1.54, 1.807) is 12.4 Å². The first-order valence-corrected chi connectivity index (χ1v) is 7.50. The monoisotopic (exact) mass is 292 g/mol. The average molecular weight is 292 g/mol. The predicted octanol–water partition coefficient (Wildman–Crippen LogP) is 3.40. The molecule has 0 unspecified atom stereocenters. The number of anilines is 1. The maximum atomic E-state index is 5.42. The van der Waals surface area contributed by atoms with Gasteiger partial charge >= 0.3 is 0 Å². The summed E-state index contributed by atoms with van der Waals surface area (Å²) in [6.07, 6.45) is 5.96. The molecule has 5 nitrogen and oxygen atoms in total. The van der Waals surface area contributed by atoms with Crippen LogP contribution < -0.4 is 4.90 Å².